The van der Waals surface area contributed by atoms with Crippen LogP contribution >= 0.6 is 0 Å². The maximum absolute atomic E-state index is 9.92. The number of ether oxygens (including phenoxy) is 2. The van der Waals surface area contributed by atoms with E-state index in [1.54, 1.807) is 6.07 Å². The summed E-state index contributed by atoms with van der Waals surface area (Å²) >= 11 is 0. The minimum atomic E-state index is -1.24. The second kappa shape index (κ2) is 6.20. The quantitative estimate of drug-likeness (QED) is 0.594. The van der Waals surface area contributed by atoms with E-state index in [1.807, 2.05) is 36.4 Å². The third-order valence-electron chi connectivity index (χ3n) is 3.90. The largest absolute Gasteiger partial charge is 0.463 e. The lowest BCUT2D eigenvalue weighted by Gasteiger charge is -2.40. The number of nitrogens with two attached hydrogens (primary N) is 1. The lowest BCUT2D eigenvalue weighted by Crippen LogP contribution is -2.63. The van der Waals surface area contributed by atoms with Crippen LogP contribution in [0.25, 0.3) is 10.8 Å². The fraction of sp³-hybridized carbons (Fsp3) is 0.375. The van der Waals surface area contributed by atoms with Crippen molar-refractivity contribution in [3.63, 3.8) is 0 Å². The lowest BCUT2D eigenvalue weighted by atomic mass is 10.1. The van der Waals surface area contributed by atoms with Crippen molar-refractivity contribution in [3.05, 3.63) is 42.5 Å². The monoisotopic (exact) mass is 311 g/mol. The maximum atomic E-state index is 9.92. The molecule has 1 saturated heterocycles. The van der Waals surface area contributed by atoms with Gasteiger partial charge in [-0.25, -0.2) is 0 Å². The van der Waals surface area contributed by atoms with Crippen LogP contribution in [0.1, 0.15) is 0 Å². The van der Waals surface area contributed by atoms with Crippen molar-refractivity contribution >= 4 is 10.8 Å². The van der Waals surface area contributed by atoms with Gasteiger partial charge >= 0.3 is 0 Å². The van der Waals surface area contributed by atoms with Crippen LogP contribution in [0.15, 0.2) is 42.5 Å². The van der Waals surface area contributed by atoms with Crippen molar-refractivity contribution in [1.29, 1.82) is 0 Å². The third kappa shape index (κ3) is 2.79. The highest BCUT2D eigenvalue weighted by molar-refractivity contribution is 5.83. The van der Waals surface area contributed by atoms with Gasteiger partial charge in [0.15, 0.2) is 0 Å². The van der Waals surface area contributed by atoms with Crippen LogP contribution < -0.4 is 10.5 Å². The van der Waals surface area contributed by atoms with Gasteiger partial charge in [-0.15, -0.1) is 0 Å². The minimum absolute atomic E-state index is 0.428. The summed E-state index contributed by atoms with van der Waals surface area (Å²) in [6, 6.07) is 12.4. The molecule has 0 amide bonds. The molecule has 0 spiro atoms. The normalized spacial score (nSPS) is 32.1. The molecule has 5 atom stereocenters. The molecule has 2 aromatic carbocycles. The maximum Gasteiger partial charge on any atom is 0.218 e. The van der Waals surface area contributed by atoms with Crippen molar-refractivity contribution in [2.75, 3.05) is 6.61 Å². The van der Waals surface area contributed by atoms with Crippen LogP contribution in [-0.2, 0) is 4.74 Å². The number of aliphatic hydroxyl groups excluding tert-OH is 3. The summed E-state index contributed by atoms with van der Waals surface area (Å²) in [4.78, 5) is 0. The highest BCUT2D eigenvalue weighted by Gasteiger charge is 2.43. The Kier molecular flexibility index (Phi) is 4.28. The molecule has 118 valence electrons. The molecule has 0 bridgehead atoms. The van der Waals surface area contributed by atoms with E-state index in [1.165, 1.54) is 0 Å². The zero-order valence-corrected chi connectivity index (χ0v) is 11.9. The van der Waals surface area contributed by atoms with Gasteiger partial charge in [0.25, 0.3) is 0 Å². The Labute approximate surface area is 127 Å². The van der Waals surface area contributed by atoms with Crippen LogP contribution in [0.2, 0.25) is 0 Å². The number of rotatable bonds is 3. The van der Waals surface area contributed by atoms with Crippen LogP contribution in [0.3, 0.4) is 0 Å². The first kappa shape index (κ1) is 15.2. The molecule has 1 aliphatic rings. The molecule has 0 aliphatic carbocycles. The SMILES string of the molecule is N[13C@H]1[13C@@H](Oc2ccc3ccccc3c2)O[13C@H]([13CH2]O)[13C@@H](O)[13C@@H]1O. The van der Waals surface area contributed by atoms with Crippen molar-refractivity contribution in [1.82, 2.24) is 0 Å². The van der Waals surface area contributed by atoms with Crippen molar-refractivity contribution in [2.24, 2.45) is 5.73 Å². The van der Waals surface area contributed by atoms with E-state index in [0.29, 0.717) is 5.75 Å². The van der Waals surface area contributed by atoms with Gasteiger partial charge in [0, 0.05) is 0 Å². The molecule has 6 heteroatoms. The van der Waals surface area contributed by atoms with E-state index < -0.39 is 37.3 Å². The number of fused-ring (bicyclic) bond motifs is 1. The number of hydrogen-bond donors (Lipinski definition) is 4. The third-order valence-corrected chi connectivity index (χ3v) is 3.90. The lowest BCUT2D eigenvalue weighted by molar-refractivity contribution is -0.239. The Hall–Kier alpha value is -1.70. The average Bonchev–Trinajstić information content (AvgIpc) is 2.55. The molecule has 1 aliphatic heterocycles. The molecule has 0 saturated carbocycles. The van der Waals surface area contributed by atoms with Crippen LogP contribution in [0, 0.1) is 0 Å². The summed E-state index contributed by atoms with van der Waals surface area (Å²) in [5.74, 6) is 0.541. The number of aliphatic hydroxyl groups is 3. The molecular weight excluding hydrogens is 292 g/mol. The van der Waals surface area contributed by atoms with E-state index in [4.69, 9.17) is 15.2 Å². The molecule has 0 aromatic heterocycles. The summed E-state index contributed by atoms with van der Waals surface area (Å²) in [6.07, 6.45) is -4.34. The van der Waals surface area contributed by atoms with E-state index in [9.17, 15) is 15.3 Å². The fourth-order valence-corrected chi connectivity index (χ4v) is 2.58. The Balaban J connectivity index is 1.80. The molecule has 5 N–H and O–H groups in total. The Morgan fingerprint density at radius 2 is 1.77 bits per heavy atom. The molecule has 2 aromatic rings. The smallest absolute Gasteiger partial charge is 0.218 e. The molecule has 0 radical (unpaired) electrons. The predicted octanol–water partition coefficient (Wildman–Crippen LogP) is -0.0151. The molecule has 3 rings (SSSR count). The van der Waals surface area contributed by atoms with E-state index >= 15 is 0 Å². The molecule has 22 heavy (non-hydrogen) atoms. The summed E-state index contributed by atoms with van der Waals surface area (Å²) in [5.41, 5.74) is 5.85. The van der Waals surface area contributed by atoms with Gasteiger partial charge in [0.05, 0.1) is 12.6 Å². The van der Waals surface area contributed by atoms with Crippen molar-refractivity contribution in [3.8, 4) is 5.75 Å². The molecule has 1 fully saturated rings. The Bertz CT molecular complexity index is 647. The van der Waals surface area contributed by atoms with Crippen LogP contribution in [-0.4, -0.2) is 52.6 Å². The molecule has 0 unspecified atom stereocenters. The highest BCUT2D eigenvalue weighted by atomic mass is 16.9. The van der Waals surface area contributed by atoms with Gasteiger partial charge in [-0.1, -0.05) is 30.3 Å². The van der Waals surface area contributed by atoms with Gasteiger partial charge in [-0.05, 0) is 22.9 Å². The number of hydrogen-bond acceptors (Lipinski definition) is 6. The van der Waals surface area contributed by atoms with E-state index in [0.717, 1.165) is 10.8 Å². The molecule has 6 nitrogen and oxygen atoms in total. The van der Waals surface area contributed by atoms with Crippen LogP contribution in [0.4, 0.5) is 0 Å². The van der Waals surface area contributed by atoms with E-state index in [-0.39, 0.29) is 0 Å². The topological polar surface area (TPSA) is 105 Å². The zero-order valence-electron chi connectivity index (χ0n) is 11.9. The number of benzene rings is 2. The Morgan fingerprint density at radius 1 is 1.05 bits per heavy atom. The first-order chi connectivity index (χ1) is 10.6. The van der Waals surface area contributed by atoms with Gasteiger partial charge in [0.2, 0.25) is 6.29 Å². The Morgan fingerprint density at radius 3 is 2.50 bits per heavy atom. The van der Waals surface area contributed by atoms with Gasteiger partial charge in [-0.3, -0.25) is 0 Å². The van der Waals surface area contributed by atoms with Gasteiger partial charge in [0.1, 0.15) is 24.1 Å². The van der Waals surface area contributed by atoms with Gasteiger partial charge in [-0.2, -0.15) is 0 Å². The van der Waals surface area contributed by atoms with Crippen LogP contribution in [0.5, 0.6) is 5.75 Å². The first-order valence-corrected chi connectivity index (χ1v) is 7.13. The highest BCUT2D eigenvalue weighted by Crippen LogP contribution is 2.25. The minimum Gasteiger partial charge on any atom is -0.463 e. The predicted molar refractivity (Wildman–Crippen MR) is 80.3 cm³/mol. The standard InChI is InChI=1S/C16H19NO5/c17-13-15(20)14(19)12(8-18)22-16(13)21-11-6-5-9-3-1-2-4-10(9)7-11/h1-7,12-16,18-20H,8,17H2/t12-,13-,14-,15-,16+/m1/s1/i8+1,12+1,13+1,14+1,15+1,16+1. The van der Waals surface area contributed by atoms with Gasteiger partial charge < -0.3 is 30.5 Å². The van der Waals surface area contributed by atoms with Crippen molar-refractivity contribution < 1.29 is 24.8 Å². The fourth-order valence-electron chi connectivity index (χ4n) is 2.58. The van der Waals surface area contributed by atoms with Crippen molar-refractivity contribution in [2.45, 2.75) is 30.6 Å². The summed E-state index contributed by atoms with van der Waals surface area (Å²) in [5, 5.41) is 31.0. The second-order valence-electron chi connectivity index (χ2n) is 5.41. The zero-order chi connectivity index (χ0) is 15.7. The average molecular weight is 311 g/mol. The summed E-state index contributed by atoms with van der Waals surface area (Å²) in [7, 11) is 0. The van der Waals surface area contributed by atoms with E-state index in [2.05, 4.69) is 0 Å². The second-order valence-corrected chi connectivity index (χ2v) is 5.41. The molecule has 1 heterocycles. The first-order valence-electron chi connectivity index (χ1n) is 7.13. The summed E-state index contributed by atoms with van der Waals surface area (Å²) < 4.78 is 11.1. The summed E-state index contributed by atoms with van der Waals surface area (Å²) in [6.45, 7) is -0.428. The molecular formula is C16H19NO5.